The maximum absolute atomic E-state index is 12.1. The number of esters is 1. The zero-order chi connectivity index (χ0) is 21.2. The quantitative estimate of drug-likeness (QED) is 0.488. The van der Waals surface area contributed by atoms with E-state index in [0.29, 0.717) is 29.4 Å². The number of ether oxygens (including phenoxy) is 4. The molecule has 0 saturated heterocycles. The summed E-state index contributed by atoms with van der Waals surface area (Å²) in [6.07, 6.45) is 2.48. The molecular weight excluding hydrogens is 374 g/mol. The first-order valence-electron chi connectivity index (χ1n) is 8.97. The van der Waals surface area contributed by atoms with Crippen LogP contribution in [0.2, 0.25) is 0 Å². The van der Waals surface area contributed by atoms with Crippen LogP contribution in [0.15, 0.2) is 49.1 Å². The van der Waals surface area contributed by atoms with Crippen molar-refractivity contribution < 1.29 is 28.5 Å². The number of amides is 1. The van der Waals surface area contributed by atoms with Crippen molar-refractivity contribution >= 4 is 17.6 Å². The molecule has 7 heteroatoms. The van der Waals surface area contributed by atoms with Crippen molar-refractivity contribution in [3.63, 3.8) is 0 Å². The summed E-state index contributed by atoms with van der Waals surface area (Å²) < 4.78 is 20.9. The minimum absolute atomic E-state index is 0.349. The highest BCUT2D eigenvalue weighted by Gasteiger charge is 2.13. The Balaban J connectivity index is 1.85. The Morgan fingerprint density at radius 1 is 1.00 bits per heavy atom. The summed E-state index contributed by atoms with van der Waals surface area (Å²) in [4.78, 5) is 24.0. The first kappa shape index (κ1) is 21.8. The lowest BCUT2D eigenvalue weighted by molar-refractivity contribution is -0.149. The molecule has 0 heterocycles. The molecule has 0 radical (unpaired) electrons. The second kappa shape index (κ2) is 10.8. The van der Waals surface area contributed by atoms with Crippen LogP contribution in [0.5, 0.6) is 17.2 Å². The Morgan fingerprint density at radius 3 is 2.41 bits per heavy atom. The summed E-state index contributed by atoms with van der Waals surface area (Å²) in [7, 11) is 3.03. The molecule has 0 aliphatic heterocycles. The number of aryl methyl sites for hydroxylation is 1. The Hall–Kier alpha value is -3.48. The Morgan fingerprint density at radius 2 is 1.72 bits per heavy atom. The molecule has 0 bridgehead atoms. The van der Waals surface area contributed by atoms with Gasteiger partial charge in [-0.3, -0.25) is 4.79 Å². The van der Waals surface area contributed by atoms with Crippen molar-refractivity contribution in [3.8, 4) is 17.2 Å². The lowest BCUT2D eigenvalue weighted by Crippen LogP contribution is -2.24. The predicted octanol–water partition coefficient (Wildman–Crippen LogP) is 3.30. The second-order valence-corrected chi connectivity index (χ2v) is 6.18. The fourth-order valence-corrected chi connectivity index (χ4v) is 2.56. The van der Waals surface area contributed by atoms with Gasteiger partial charge in [-0.05, 0) is 48.7 Å². The number of carbonyl (C=O) groups excluding carboxylic acids is 2. The standard InChI is InChI=1S/C22H25NO6/c1-5-6-16-8-10-19(20(12-16)27-4)28-14-22(25)29-13-21(24)23-17-11-15(2)7-9-18(17)26-3/h5,7-12H,1,6,13-14H2,2-4H3,(H,23,24). The fourth-order valence-electron chi connectivity index (χ4n) is 2.56. The van der Waals surface area contributed by atoms with Crippen LogP contribution in [0.3, 0.4) is 0 Å². The van der Waals surface area contributed by atoms with Crippen LogP contribution >= 0.6 is 0 Å². The molecule has 0 fully saturated rings. The van der Waals surface area contributed by atoms with Crippen LogP contribution in [-0.2, 0) is 20.7 Å². The summed E-state index contributed by atoms with van der Waals surface area (Å²) in [5.41, 5.74) is 2.48. The smallest absolute Gasteiger partial charge is 0.344 e. The molecule has 154 valence electrons. The Labute approximate surface area is 170 Å². The van der Waals surface area contributed by atoms with Gasteiger partial charge >= 0.3 is 5.97 Å². The number of hydrogen-bond acceptors (Lipinski definition) is 6. The van der Waals surface area contributed by atoms with E-state index in [0.717, 1.165) is 11.1 Å². The summed E-state index contributed by atoms with van der Waals surface area (Å²) in [6.45, 7) is 4.80. The largest absolute Gasteiger partial charge is 0.495 e. The summed E-state index contributed by atoms with van der Waals surface area (Å²) >= 11 is 0. The lowest BCUT2D eigenvalue weighted by Gasteiger charge is -2.12. The van der Waals surface area contributed by atoms with Crippen LogP contribution in [0.4, 0.5) is 5.69 Å². The maximum Gasteiger partial charge on any atom is 0.344 e. The number of nitrogens with one attached hydrogen (secondary N) is 1. The van der Waals surface area contributed by atoms with Gasteiger partial charge in [0.05, 0.1) is 19.9 Å². The fraction of sp³-hybridized carbons (Fsp3) is 0.273. The molecule has 2 rings (SSSR count). The molecule has 7 nitrogen and oxygen atoms in total. The molecule has 0 atom stereocenters. The second-order valence-electron chi connectivity index (χ2n) is 6.18. The number of carbonyl (C=O) groups is 2. The summed E-state index contributed by atoms with van der Waals surface area (Å²) in [5.74, 6) is 0.278. The molecule has 0 aliphatic rings. The number of benzene rings is 2. The number of rotatable bonds is 10. The molecule has 2 aromatic carbocycles. The molecule has 0 aromatic heterocycles. The van der Waals surface area contributed by atoms with Gasteiger partial charge in [0.25, 0.3) is 5.91 Å². The van der Waals surface area contributed by atoms with Gasteiger partial charge in [0.2, 0.25) is 0 Å². The summed E-state index contributed by atoms with van der Waals surface area (Å²) in [5, 5.41) is 2.66. The van der Waals surface area contributed by atoms with E-state index in [9.17, 15) is 9.59 Å². The average molecular weight is 399 g/mol. The predicted molar refractivity (Wildman–Crippen MR) is 110 cm³/mol. The van der Waals surface area contributed by atoms with Gasteiger partial charge in [0, 0.05) is 0 Å². The lowest BCUT2D eigenvalue weighted by atomic mass is 10.1. The zero-order valence-electron chi connectivity index (χ0n) is 16.8. The molecule has 1 N–H and O–H groups in total. The van der Waals surface area contributed by atoms with Crippen molar-refractivity contribution in [2.45, 2.75) is 13.3 Å². The maximum atomic E-state index is 12.1. The highest BCUT2D eigenvalue weighted by Crippen LogP contribution is 2.28. The first-order valence-corrected chi connectivity index (χ1v) is 8.97. The van der Waals surface area contributed by atoms with E-state index in [-0.39, 0.29) is 6.61 Å². The normalized spacial score (nSPS) is 10.0. The molecule has 2 aromatic rings. The van der Waals surface area contributed by atoms with E-state index in [4.69, 9.17) is 18.9 Å². The van der Waals surface area contributed by atoms with Gasteiger partial charge in [-0.25, -0.2) is 4.79 Å². The van der Waals surface area contributed by atoms with Crippen molar-refractivity contribution in [1.82, 2.24) is 0 Å². The number of allylic oxidation sites excluding steroid dienone is 1. The molecule has 0 aliphatic carbocycles. The Bertz CT molecular complexity index is 878. The average Bonchev–Trinajstić information content (AvgIpc) is 2.71. The summed E-state index contributed by atoms with van der Waals surface area (Å²) in [6, 6.07) is 10.8. The Kier molecular flexibility index (Phi) is 8.09. The van der Waals surface area contributed by atoms with Crippen molar-refractivity contribution in [1.29, 1.82) is 0 Å². The van der Waals surface area contributed by atoms with E-state index in [1.807, 2.05) is 25.1 Å². The van der Waals surface area contributed by atoms with Gasteiger partial charge in [0.1, 0.15) is 5.75 Å². The van der Waals surface area contributed by atoms with Gasteiger partial charge in [-0.15, -0.1) is 6.58 Å². The van der Waals surface area contributed by atoms with Crippen molar-refractivity contribution in [2.24, 2.45) is 0 Å². The number of methoxy groups -OCH3 is 2. The first-order chi connectivity index (χ1) is 14.0. The topological polar surface area (TPSA) is 83.1 Å². The van der Waals surface area contributed by atoms with E-state index >= 15 is 0 Å². The van der Waals surface area contributed by atoms with Crippen LogP contribution < -0.4 is 19.5 Å². The number of hydrogen-bond donors (Lipinski definition) is 1. The van der Waals surface area contributed by atoms with E-state index in [2.05, 4.69) is 11.9 Å². The third-order valence-electron chi connectivity index (χ3n) is 3.95. The van der Waals surface area contributed by atoms with Gasteiger partial charge in [-0.2, -0.15) is 0 Å². The zero-order valence-corrected chi connectivity index (χ0v) is 16.8. The van der Waals surface area contributed by atoms with E-state index in [1.165, 1.54) is 14.2 Å². The molecule has 0 unspecified atom stereocenters. The SMILES string of the molecule is C=CCc1ccc(OCC(=O)OCC(=O)Nc2cc(C)ccc2OC)c(OC)c1. The van der Waals surface area contributed by atoms with E-state index < -0.39 is 18.5 Å². The molecule has 1 amide bonds. The van der Waals surface area contributed by atoms with Gasteiger partial charge in [-0.1, -0.05) is 18.2 Å². The van der Waals surface area contributed by atoms with Crippen molar-refractivity contribution in [3.05, 3.63) is 60.2 Å². The highest BCUT2D eigenvalue weighted by atomic mass is 16.6. The monoisotopic (exact) mass is 399 g/mol. The van der Waals surface area contributed by atoms with Crippen molar-refractivity contribution in [2.75, 3.05) is 32.8 Å². The van der Waals surface area contributed by atoms with Crippen LogP contribution in [0.25, 0.3) is 0 Å². The minimum Gasteiger partial charge on any atom is -0.495 e. The van der Waals surface area contributed by atoms with Crippen LogP contribution in [-0.4, -0.2) is 39.3 Å². The van der Waals surface area contributed by atoms with Gasteiger partial charge in [0.15, 0.2) is 24.7 Å². The molecular formula is C22H25NO6. The third-order valence-corrected chi connectivity index (χ3v) is 3.95. The van der Waals surface area contributed by atoms with Crippen LogP contribution in [0.1, 0.15) is 11.1 Å². The molecule has 0 saturated carbocycles. The highest BCUT2D eigenvalue weighted by molar-refractivity contribution is 5.94. The number of anilines is 1. The minimum atomic E-state index is -0.673. The molecule has 29 heavy (non-hydrogen) atoms. The molecule has 0 spiro atoms. The van der Waals surface area contributed by atoms with E-state index in [1.54, 1.807) is 24.3 Å². The van der Waals surface area contributed by atoms with Crippen LogP contribution in [0, 0.1) is 6.92 Å². The van der Waals surface area contributed by atoms with Gasteiger partial charge < -0.3 is 24.3 Å². The third kappa shape index (κ3) is 6.57.